The van der Waals surface area contributed by atoms with Gasteiger partial charge in [0, 0.05) is 6.20 Å². The molecule has 2 N–H and O–H groups in total. The first kappa shape index (κ1) is 15.0. The number of rotatable bonds is 4. The molecule has 0 aliphatic heterocycles. The fourth-order valence-corrected chi connectivity index (χ4v) is 3.17. The second kappa shape index (κ2) is 6.14. The molecule has 4 rings (SSSR count). The minimum atomic E-state index is -0.171. The summed E-state index contributed by atoms with van der Waals surface area (Å²) in [6, 6.07) is 11.1. The average Bonchev–Trinajstić information content (AvgIpc) is 3.14. The van der Waals surface area contributed by atoms with Gasteiger partial charge in [-0.2, -0.15) is 0 Å². The van der Waals surface area contributed by atoms with E-state index in [0.29, 0.717) is 21.8 Å². The zero-order chi connectivity index (χ0) is 16.5. The molecule has 0 aliphatic carbocycles. The number of fused-ring (bicyclic) bond motifs is 3. The van der Waals surface area contributed by atoms with Gasteiger partial charge in [0.05, 0.1) is 21.8 Å². The predicted octanol–water partition coefficient (Wildman–Crippen LogP) is 2.99. The number of pyridine rings is 1. The van der Waals surface area contributed by atoms with Gasteiger partial charge in [0.1, 0.15) is 5.82 Å². The smallest absolute Gasteiger partial charge is 0.236 e. The van der Waals surface area contributed by atoms with E-state index in [1.165, 1.54) is 18.0 Å². The third-order valence-corrected chi connectivity index (χ3v) is 4.49. The third kappa shape index (κ3) is 2.81. The first-order chi connectivity index (χ1) is 11.7. The van der Waals surface area contributed by atoms with Crippen molar-refractivity contribution in [3.8, 4) is 0 Å². The van der Waals surface area contributed by atoms with E-state index >= 15 is 0 Å². The molecule has 3 heterocycles. The van der Waals surface area contributed by atoms with Crippen LogP contribution >= 0.6 is 23.4 Å². The number of para-hydroxylation sites is 2. The number of aromatic nitrogens is 5. The highest BCUT2D eigenvalue weighted by molar-refractivity contribution is 7.99. The summed E-state index contributed by atoms with van der Waals surface area (Å²) in [6.07, 6.45) is 1.49. The number of nitrogens with zero attached hydrogens (tertiary/aromatic N) is 4. The quantitative estimate of drug-likeness (QED) is 0.547. The Morgan fingerprint density at radius 2 is 2.17 bits per heavy atom. The van der Waals surface area contributed by atoms with E-state index in [0.717, 1.165) is 11.0 Å². The van der Waals surface area contributed by atoms with Crippen LogP contribution in [0.5, 0.6) is 0 Å². The molecular weight excluding hydrogens is 348 g/mol. The molecule has 1 aromatic carbocycles. The molecule has 0 fully saturated rings. The van der Waals surface area contributed by atoms with Crippen LogP contribution in [0, 0.1) is 0 Å². The van der Waals surface area contributed by atoms with Gasteiger partial charge in [-0.25, -0.2) is 15.1 Å². The summed E-state index contributed by atoms with van der Waals surface area (Å²) in [5.41, 5.74) is 1.83. The van der Waals surface area contributed by atoms with Gasteiger partial charge in [-0.15, -0.1) is 5.10 Å². The maximum absolute atomic E-state index is 12.1. The molecule has 7 nitrogen and oxygen atoms in total. The number of thioether (sulfide) groups is 1. The molecule has 9 heteroatoms. The third-order valence-electron chi connectivity index (χ3n) is 3.33. The van der Waals surface area contributed by atoms with Gasteiger partial charge in [0.2, 0.25) is 11.7 Å². The van der Waals surface area contributed by atoms with Crippen molar-refractivity contribution in [1.29, 1.82) is 0 Å². The first-order valence-corrected chi connectivity index (χ1v) is 8.43. The lowest BCUT2D eigenvalue weighted by Crippen LogP contribution is -2.15. The second-order valence-corrected chi connectivity index (χ2v) is 6.34. The lowest BCUT2D eigenvalue weighted by atomic mass is 10.3. The summed E-state index contributed by atoms with van der Waals surface area (Å²) in [7, 11) is 0. The molecule has 3 aromatic heterocycles. The van der Waals surface area contributed by atoms with E-state index in [2.05, 4.69) is 25.5 Å². The summed E-state index contributed by atoms with van der Waals surface area (Å²) in [5, 5.41) is 11.0. The second-order valence-electron chi connectivity index (χ2n) is 4.96. The van der Waals surface area contributed by atoms with E-state index in [-0.39, 0.29) is 11.7 Å². The fourth-order valence-electron chi connectivity index (χ4n) is 2.30. The molecule has 4 aromatic rings. The van der Waals surface area contributed by atoms with E-state index in [1.807, 2.05) is 28.7 Å². The van der Waals surface area contributed by atoms with E-state index in [9.17, 15) is 4.79 Å². The van der Waals surface area contributed by atoms with E-state index in [1.54, 1.807) is 12.1 Å². The van der Waals surface area contributed by atoms with Crippen LogP contribution in [0.25, 0.3) is 16.8 Å². The van der Waals surface area contributed by atoms with Crippen LogP contribution in [-0.2, 0) is 4.79 Å². The lowest BCUT2D eigenvalue weighted by molar-refractivity contribution is -0.113. The Hall–Kier alpha value is -2.58. The van der Waals surface area contributed by atoms with Crippen molar-refractivity contribution in [1.82, 2.24) is 24.6 Å². The van der Waals surface area contributed by atoms with Crippen LogP contribution in [0.15, 0.2) is 47.8 Å². The minimum absolute atomic E-state index is 0.171. The first-order valence-electron chi connectivity index (χ1n) is 7.06. The van der Waals surface area contributed by atoms with Crippen molar-refractivity contribution in [2.24, 2.45) is 0 Å². The van der Waals surface area contributed by atoms with Crippen molar-refractivity contribution < 1.29 is 4.79 Å². The average molecular weight is 359 g/mol. The van der Waals surface area contributed by atoms with Gasteiger partial charge in [-0.05, 0) is 24.3 Å². The maximum Gasteiger partial charge on any atom is 0.236 e. The van der Waals surface area contributed by atoms with Gasteiger partial charge in [-0.3, -0.25) is 9.20 Å². The fraction of sp³-hybridized carbons (Fsp3) is 0.0667. The molecule has 0 radical (unpaired) electrons. The normalized spacial score (nSPS) is 11.2. The number of H-pyrrole nitrogens is 1. The number of imidazole rings is 1. The zero-order valence-corrected chi connectivity index (χ0v) is 13.8. The van der Waals surface area contributed by atoms with Crippen LogP contribution in [0.1, 0.15) is 0 Å². The summed E-state index contributed by atoms with van der Waals surface area (Å²) in [6.45, 7) is 0. The Kier molecular flexibility index (Phi) is 3.83. The van der Waals surface area contributed by atoms with Gasteiger partial charge in [0.25, 0.3) is 0 Å². The van der Waals surface area contributed by atoms with E-state index < -0.39 is 0 Å². The SMILES string of the molecule is O=C(CSc1n[nH]c2nc3ccccc3n12)Nc1ccc(Cl)cn1. The van der Waals surface area contributed by atoms with Crippen molar-refractivity contribution in [3.05, 3.63) is 47.6 Å². The van der Waals surface area contributed by atoms with Crippen molar-refractivity contribution in [2.75, 3.05) is 11.1 Å². The van der Waals surface area contributed by atoms with Crippen molar-refractivity contribution in [3.63, 3.8) is 0 Å². The number of carbonyl (C=O) groups excluding carboxylic acids is 1. The van der Waals surface area contributed by atoms with E-state index in [4.69, 9.17) is 11.6 Å². The molecule has 120 valence electrons. The number of hydrogen-bond acceptors (Lipinski definition) is 5. The Morgan fingerprint density at radius 1 is 1.29 bits per heavy atom. The van der Waals surface area contributed by atoms with Crippen LogP contribution < -0.4 is 5.32 Å². The van der Waals surface area contributed by atoms with Crippen LogP contribution in [0.3, 0.4) is 0 Å². The van der Waals surface area contributed by atoms with Crippen molar-refractivity contribution in [2.45, 2.75) is 5.16 Å². The standard InChI is InChI=1S/C15H11ClN6OS/c16-9-5-6-12(17-7-9)19-13(23)8-24-15-21-20-14-18-10-3-1-2-4-11(10)22(14)15/h1-7H,8H2,(H,18,20)(H,17,19,23). The largest absolute Gasteiger partial charge is 0.310 e. The van der Waals surface area contributed by atoms with Crippen LogP contribution in [0.2, 0.25) is 5.02 Å². The van der Waals surface area contributed by atoms with Crippen LogP contribution in [0.4, 0.5) is 5.82 Å². The number of carbonyl (C=O) groups is 1. The predicted molar refractivity (Wildman–Crippen MR) is 93.4 cm³/mol. The zero-order valence-electron chi connectivity index (χ0n) is 12.2. The number of halogens is 1. The maximum atomic E-state index is 12.1. The summed E-state index contributed by atoms with van der Waals surface area (Å²) in [5.74, 6) is 1.15. The topological polar surface area (TPSA) is 88.0 Å². The molecule has 0 bridgehead atoms. The summed E-state index contributed by atoms with van der Waals surface area (Å²) in [4.78, 5) is 20.5. The highest BCUT2D eigenvalue weighted by atomic mass is 35.5. The Morgan fingerprint density at radius 3 is 3.00 bits per heavy atom. The lowest BCUT2D eigenvalue weighted by Gasteiger charge is -2.03. The van der Waals surface area contributed by atoms with Gasteiger partial charge < -0.3 is 5.32 Å². The molecule has 0 saturated heterocycles. The molecular formula is C15H11ClN6OS. The molecule has 0 unspecified atom stereocenters. The number of amides is 1. The molecule has 24 heavy (non-hydrogen) atoms. The number of aromatic amines is 1. The van der Waals surface area contributed by atoms with Gasteiger partial charge in [0.15, 0.2) is 5.16 Å². The van der Waals surface area contributed by atoms with Crippen molar-refractivity contribution >= 4 is 51.9 Å². The Bertz CT molecular complexity index is 1030. The number of hydrogen-bond donors (Lipinski definition) is 2. The van der Waals surface area contributed by atoms with Gasteiger partial charge >= 0.3 is 0 Å². The Labute approximate surface area is 145 Å². The summed E-state index contributed by atoms with van der Waals surface area (Å²) < 4.78 is 1.90. The Balaban J connectivity index is 1.50. The molecule has 0 aliphatic rings. The molecule has 0 atom stereocenters. The van der Waals surface area contributed by atoms with Gasteiger partial charge in [-0.1, -0.05) is 35.5 Å². The van der Waals surface area contributed by atoms with Crippen LogP contribution in [-0.4, -0.2) is 36.2 Å². The summed E-state index contributed by atoms with van der Waals surface area (Å²) >= 11 is 7.09. The number of anilines is 1. The number of benzene rings is 1. The monoisotopic (exact) mass is 358 g/mol. The highest BCUT2D eigenvalue weighted by Crippen LogP contribution is 2.22. The highest BCUT2D eigenvalue weighted by Gasteiger charge is 2.13. The molecule has 0 saturated carbocycles. The number of nitrogens with one attached hydrogen (secondary N) is 2. The molecule has 0 spiro atoms. The minimum Gasteiger partial charge on any atom is -0.310 e. The molecule has 1 amide bonds.